The van der Waals surface area contributed by atoms with Gasteiger partial charge in [-0.3, -0.25) is 9.58 Å². The number of hydrogen-bond acceptors (Lipinski definition) is 5. The zero-order valence-corrected chi connectivity index (χ0v) is 14.7. The van der Waals surface area contributed by atoms with Crippen molar-refractivity contribution < 1.29 is 4.42 Å². The molecule has 2 aromatic heterocycles. The van der Waals surface area contributed by atoms with E-state index in [-0.39, 0.29) is 0 Å². The lowest BCUT2D eigenvalue weighted by atomic mass is 9.93. The predicted molar refractivity (Wildman–Crippen MR) is 94.9 cm³/mol. The topological polar surface area (TPSA) is 60.0 Å². The van der Waals surface area contributed by atoms with Gasteiger partial charge in [0.05, 0.1) is 6.54 Å². The first kappa shape index (κ1) is 16.0. The van der Waals surface area contributed by atoms with Crippen molar-refractivity contribution in [2.45, 2.75) is 32.2 Å². The van der Waals surface area contributed by atoms with Crippen LogP contribution in [0.1, 0.15) is 35.9 Å². The molecule has 0 unspecified atom stereocenters. The third kappa shape index (κ3) is 3.49. The van der Waals surface area contributed by atoms with Gasteiger partial charge in [-0.1, -0.05) is 17.7 Å². The maximum Gasteiger partial charge on any atom is 0.247 e. The number of piperidine rings is 1. The number of nitrogens with zero attached hydrogens (tertiary/aromatic N) is 5. The van der Waals surface area contributed by atoms with Crippen LogP contribution in [-0.4, -0.2) is 38.0 Å². The Hall–Kier alpha value is -2.47. The molecule has 6 nitrogen and oxygen atoms in total. The maximum absolute atomic E-state index is 5.85. The van der Waals surface area contributed by atoms with E-state index in [9.17, 15) is 0 Å². The lowest BCUT2D eigenvalue weighted by molar-refractivity contribution is 0.185. The molecular weight excluding hydrogens is 314 g/mol. The molecule has 6 heteroatoms. The second-order valence-electron chi connectivity index (χ2n) is 6.80. The Kier molecular flexibility index (Phi) is 4.36. The third-order valence-electron chi connectivity index (χ3n) is 4.99. The van der Waals surface area contributed by atoms with Crippen molar-refractivity contribution >= 4 is 0 Å². The third-order valence-corrected chi connectivity index (χ3v) is 4.99. The van der Waals surface area contributed by atoms with Crippen LogP contribution < -0.4 is 0 Å². The molecule has 4 rings (SSSR count). The van der Waals surface area contributed by atoms with Gasteiger partial charge in [-0.25, -0.2) is 0 Å². The van der Waals surface area contributed by atoms with Gasteiger partial charge in [0.25, 0.3) is 0 Å². The van der Waals surface area contributed by atoms with Gasteiger partial charge in [-0.2, -0.15) is 5.10 Å². The van der Waals surface area contributed by atoms with Crippen molar-refractivity contribution in [1.82, 2.24) is 24.9 Å². The summed E-state index contributed by atoms with van der Waals surface area (Å²) in [5, 5.41) is 12.7. The first-order valence-corrected chi connectivity index (χ1v) is 8.79. The van der Waals surface area contributed by atoms with Crippen molar-refractivity contribution in [2.24, 2.45) is 7.05 Å². The Morgan fingerprint density at radius 2 is 1.84 bits per heavy atom. The van der Waals surface area contributed by atoms with Crippen LogP contribution in [0, 0.1) is 6.92 Å². The number of likely N-dealkylation sites (tertiary alicyclic amines) is 1. The van der Waals surface area contributed by atoms with Crippen molar-refractivity contribution in [3.63, 3.8) is 0 Å². The van der Waals surface area contributed by atoms with Gasteiger partial charge < -0.3 is 4.42 Å². The fraction of sp³-hybridized carbons (Fsp3) is 0.421. The molecule has 0 bridgehead atoms. The summed E-state index contributed by atoms with van der Waals surface area (Å²) in [4.78, 5) is 2.39. The van der Waals surface area contributed by atoms with Gasteiger partial charge in [0.15, 0.2) is 0 Å². The molecular formula is C19H23N5O. The van der Waals surface area contributed by atoms with E-state index in [1.54, 1.807) is 0 Å². The SMILES string of the molecule is Cc1ccc(-c2nnc(CN3CCC(c4ccnn4C)CC3)o2)cc1. The van der Waals surface area contributed by atoms with Crippen LogP contribution in [0.15, 0.2) is 40.9 Å². The van der Waals surface area contributed by atoms with Crippen LogP contribution in [0.3, 0.4) is 0 Å². The maximum atomic E-state index is 5.85. The number of aryl methyl sites for hydroxylation is 2. The number of rotatable bonds is 4. The average molecular weight is 337 g/mol. The van der Waals surface area contributed by atoms with Crippen LogP contribution in [-0.2, 0) is 13.6 Å². The van der Waals surface area contributed by atoms with Crippen LogP contribution in [0.4, 0.5) is 0 Å². The first-order valence-electron chi connectivity index (χ1n) is 8.79. The largest absolute Gasteiger partial charge is 0.419 e. The molecule has 1 fully saturated rings. The van der Waals surface area contributed by atoms with E-state index >= 15 is 0 Å². The summed E-state index contributed by atoms with van der Waals surface area (Å²) in [6.45, 7) is 4.87. The molecule has 25 heavy (non-hydrogen) atoms. The van der Waals surface area contributed by atoms with Gasteiger partial charge in [-0.05, 0) is 51.1 Å². The average Bonchev–Trinajstić information content (AvgIpc) is 3.26. The summed E-state index contributed by atoms with van der Waals surface area (Å²) in [6, 6.07) is 10.3. The van der Waals surface area contributed by atoms with Crippen LogP contribution in [0.25, 0.3) is 11.5 Å². The molecule has 0 saturated carbocycles. The van der Waals surface area contributed by atoms with Gasteiger partial charge in [0, 0.05) is 30.4 Å². The monoisotopic (exact) mass is 337 g/mol. The zero-order valence-electron chi connectivity index (χ0n) is 14.7. The van der Waals surface area contributed by atoms with E-state index < -0.39 is 0 Å². The van der Waals surface area contributed by atoms with Crippen molar-refractivity contribution in [3.8, 4) is 11.5 Å². The number of aromatic nitrogens is 4. The molecule has 0 atom stereocenters. The molecule has 3 aromatic rings. The summed E-state index contributed by atoms with van der Waals surface area (Å²) in [5.74, 6) is 1.88. The lowest BCUT2D eigenvalue weighted by Gasteiger charge is -2.30. The van der Waals surface area contributed by atoms with Gasteiger partial charge in [-0.15, -0.1) is 10.2 Å². The molecule has 1 aromatic carbocycles. The Labute approximate surface area is 147 Å². The molecule has 0 radical (unpaired) electrons. The van der Waals surface area contributed by atoms with Crippen LogP contribution in [0.5, 0.6) is 0 Å². The number of hydrogen-bond donors (Lipinski definition) is 0. The minimum atomic E-state index is 0.592. The smallest absolute Gasteiger partial charge is 0.247 e. The molecule has 0 N–H and O–H groups in total. The minimum Gasteiger partial charge on any atom is -0.419 e. The second-order valence-corrected chi connectivity index (χ2v) is 6.80. The fourth-order valence-electron chi connectivity index (χ4n) is 3.49. The van der Waals surface area contributed by atoms with Gasteiger partial charge in [0.1, 0.15) is 0 Å². The van der Waals surface area contributed by atoms with Gasteiger partial charge in [0.2, 0.25) is 11.8 Å². The van der Waals surface area contributed by atoms with E-state index in [0.717, 1.165) is 38.0 Å². The van der Waals surface area contributed by atoms with Crippen LogP contribution in [0.2, 0.25) is 0 Å². The van der Waals surface area contributed by atoms with Gasteiger partial charge >= 0.3 is 0 Å². The Morgan fingerprint density at radius 1 is 1.08 bits per heavy atom. The van der Waals surface area contributed by atoms with E-state index in [1.807, 2.05) is 30.1 Å². The molecule has 0 amide bonds. The summed E-state index contributed by atoms with van der Waals surface area (Å²) >= 11 is 0. The fourth-order valence-corrected chi connectivity index (χ4v) is 3.49. The highest BCUT2D eigenvalue weighted by molar-refractivity contribution is 5.52. The Bertz CT molecular complexity index is 828. The first-order chi connectivity index (χ1) is 12.2. The predicted octanol–water partition coefficient (Wildman–Crippen LogP) is 3.16. The Morgan fingerprint density at radius 3 is 2.52 bits per heavy atom. The highest BCUT2D eigenvalue weighted by atomic mass is 16.4. The van der Waals surface area contributed by atoms with E-state index in [0.29, 0.717) is 17.7 Å². The Balaban J connectivity index is 1.36. The molecule has 0 spiro atoms. The lowest BCUT2D eigenvalue weighted by Crippen LogP contribution is -2.33. The molecule has 130 valence electrons. The summed E-state index contributed by atoms with van der Waals surface area (Å²) < 4.78 is 7.84. The zero-order chi connectivity index (χ0) is 17.2. The normalized spacial score (nSPS) is 16.4. The second kappa shape index (κ2) is 6.80. The summed E-state index contributed by atoms with van der Waals surface area (Å²) in [7, 11) is 2.02. The number of benzene rings is 1. The van der Waals surface area contributed by atoms with E-state index in [4.69, 9.17) is 4.42 Å². The van der Waals surface area contributed by atoms with Crippen molar-refractivity contribution in [1.29, 1.82) is 0 Å². The van der Waals surface area contributed by atoms with E-state index in [1.165, 1.54) is 11.3 Å². The quantitative estimate of drug-likeness (QED) is 0.732. The standard InChI is InChI=1S/C19H23N5O/c1-14-3-5-16(6-4-14)19-22-21-18(25-19)13-24-11-8-15(9-12-24)17-7-10-20-23(17)2/h3-7,10,15H,8-9,11-13H2,1-2H3. The summed E-state index contributed by atoms with van der Waals surface area (Å²) in [5.41, 5.74) is 3.53. The van der Waals surface area contributed by atoms with Crippen LogP contribution >= 0.6 is 0 Å². The van der Waals surface area contributed by atoms with Crippen molar-refractivity contribution in [3.05, 3.63) is 53.7 Å². The molecule has 1 saturated heterocycles. The minimum absolute atomic E-state index is 0.592. The molecule has 1 aliphatic heterocycles. The van der Waals surface area contributed by atoms with E-state index in [2.05, 4.69) is 45.3 Å². The van der Waals surface area contributed by atoms with Crippen molar-refractivity contribution in [2.75, 3.05) is 13.1 Å². The summed E-state index contributed by atoms with van der Waals surface area (Å²) in [6.07, 6.45) is 4.16. The molecule has 3 heterocycles. The molecule has 0 aliphatic carbocycles. The highest BCUT2D eigenvalue weighted by Crippen LogP contribution is 2.28. The highest BCUT2D eigenvalue weighted by Gasteiger charge is 2.23. The molecule has 1 aliphatic rings.